The van der Waals surface area contributed by atoms with Gasteiger partial charge in [-0.05, 0) is 29.1 Å². The van der Waals surface area contributed by atoms with Gasteiger partial charge in [-0.25, -0.2) is 9.36 Å². The molecule has 1 N–H and O–H groups in total. The smallest absolute Gasteiger partial charge is 0.350 e. The van der Waals surface area contributed by atoms with Gasteiger partial charge < -0.3 is 5.32 Å². The molecule has 118 valence electrons. The van der Waals surface area contributed by atoms with Crippen LogP contribution in [0.4, 0.5) is 0 Å². The van der Waals surface area contributed by atoms with E-state index in [-0.39, 0.29) is 12.5 Å². The van der Waals surface area contributed by atoms with Gasteiger partial charge in [-0.3, -0.25) is 9.32 Å². The van der Waals surface area contributed by atoms with Crippen LogP contribution in [-0.2, 0) is 17.9 Å². The maximum Gasteiger partial charge on any atom is 0.442 e. The van der Waals surface area contributed by atoms with Gasteiger partial charge in [-0.1, -0.05) is 35.0 Å². The van der Waals surface area contributed by atoms with Gasteiger partial charge in [0.25, 0.3) is 0 Å². The highest BCUT2D eigenvalue weighted by molar-refractivity contribution is 7.13. The van der Waals surface area contributed by atoms with Crippen molar-refractivity contribution in [2.45, 2.75) is 13.1 Å². The number of hydrogen-bond acceptors (Lipinski definition) is 5. The molecule has 0 fully saturated rings. The van der Waals surface area contributed by atoms with Crippen LogP contribution < -0.4 is 11.1 Å². The van der Waals surface area contributed by atoms with Gasteiger partial charge in [0.15, 0.2) is 5.82 Å². The lowest BCUT2D eigenvalue weighted by molar-refractivity contribution is -0.121. The second-order valence-corrected chi connectivity index (χ2v) is 6.12. The van der Waals surface area contributed by atoms with Crippen molar-refractivity contribution in [2.75, 3.05) is 0 Å². The minimum absolute atomic E-state index is 0.150. The van der Waals surface area contributed by atoms with E-state index in [1.807, 2.05) is 29.6 Å². The van der Waals surface area contributed by atoms with Gasteiger partial charge in [0.1, 0.15) is 6.54 Å². The lowest BCUT2D eigenvalue weighted by atomic mass is 10.2. The predicted molar refractivity (Wildman–Crippen MR) is 87.4 cm³/mol. The van der Waals surface area contributed by atoms with E-state index in [0.29, 0.717) is 17.4 Å². The Morgan fingerprint density at radius 1 is 1.30 bits per heavy atom. The van der Waals surface area contributed by atoms with E-state index in [2.05, 4.69) is 15.0 Å². The molecule has 8 heteroatoms. The normalized spacial score (nSPS) is 10.7. The Hall–Kier alpha value is -2.38. The van der Waals surface area contributed by atoms with E-state index >= 15 is 0 Å². The van der Waals surface area contributed by atoms with Crippen LogP contribution >= 0.6 is 22.9 Å². The first kappa shape index (κ1) is 15.5. The number of nitrogens with one attached hydrogen (secondary N) is 1. The zero-order valence-electron chi connectivity index (χ0n) is 11.9. The van der Waals surface area contributed by atoms with E-state index in [0.717, 1.165) is 10.4 Å². The van der Waals surface area contributed by atoms with Gasteiger partial charge in [-0.2, -0.15) is 0 Å². The molecule has 1 aromatic carbocycles. The van der Waals surface area contributed by atoms with E-state index < -0.39 is 5.76 Å². The molecule has 2 aromatic heterocycles. The van der Waals surface area contributed by atoms with Crippen molar-refractivity contribution in [2.24, 2.45) is 0 Å². The summed E-state index contributed by atoms with van der Waals surface area (Å²) in [6.07, 6.45) is 0. The minimum Gasteiger partial charge on any atom is -0.350 e. The van der Waals surface area contributed by atoms with Crippen LogP contribution in [0.2, 0.25) is 5.02 Å². The topological polar surface area (TPSA) is 77.1 Å². The summed E-state index contributed by atoms with van der Waals surface area (Å²) in [5.74, 6) is -0.607. The number of hydrogen-bond donors (Lipinski definition) is 1. The summed E-state index contributed by atoms with van der Waals surface area (Å²) in [4.78, 5) is 24.6. The number of nitrogens with zero attached hydrogens (tertiary/aromatic N) is 2. The first-order valence-electron chi connectivity index (χ1n) is 6.75. The van der Waals surface area contributed by atoms with Crippen LogP contribution in [0, 0.1) is 0 Å². The summed E-state index contributed by atoms with van der Waals surface area (Å²) in [5.41, 5.74) is 0.916. The maximum atomic E-state index is 12.1. The van der Waals surface area contributed by atoms with Crippen molar-refractivity contribution in [3.63, 3.8) is 0 Å². The SMILES string of the molecule is O=C(Cn1c(-c2cccs2)noc1=O)NCc1ccc(Cl)cc1. The van der Waals surface area contributed by atoms with Crippen LogP contribution in [0.15, 0.2) is 51.1 Å². The molecule has 23 heavy (non-hydrogen) atoms. The van der Waals surface area contributed by atoms with Gasteiger partial charge >= 0.3 is 5.76 Å². The van der Waals surface area contributed by atoms with Gasteiger partial charge in [0, 0.05) is 11.6 Å². The van der Waals surface area contributed by atoms with Crippen molar-refractivity contribution in [3.8, 4) is 10.7 Å². The van der Waals surface area contributed by atoms with Crippen molar-refractivity contribution in [3.05, 3.63) is 62.9 Å². The molecular weight excluding hydrogens is 338 g/mol. The van der Waals surface area contributed by atoms with Crippen LogP contribution in [0.25, 0.3) is 10.7 Å². The molecule has 0 aliphatic carbocycles. The number of thiophene rings is 1. The minimum atomic E-state index is -0.657. The van der Waals surface area contributed by atoms with Gasteiger partial charge in [0.05, 0.1) is 4.88 Å². The summed E-state index contributed by atoms with van der Waals surface area (Å²) >= 11 is 7.23. The Morgan fingerprint density at radius 3 is 2.78 bits per heavy atom. The molecule has 0 aliphatic heterocycles. The first-order valence-corrected chi connectivity index (χ1v) is 8.01. The number of carbonyl (C=O) groups is 1. The lowest BCUT2D eigenvalue weighted by Gasteiger charge is -2.06. The number of aromatic nitrogens is 2. The summed E-state index contributed by atoms with van der Waals surface area (Å²) in [6.45, 7) is 0.202. The standard InChI is InChI=1S/C15H12ClN3O3S/c16-11-5-3-10(4-6-11)8-17-13(20)9-19-14(18-22-15(19)21)12-2-1-7-23-12/h1-7H,8-9H2,(H,17,20). The molecule has 0 unspecified atom stereocenters. The molecule has 1 amide bonds. The third-order valence-electron chi connectivity index (χ3n) is 3.13. The highest BCUT2D eigenvalue weighted by Gasteiger charge is 2.16. The molecule has 0 saturated heterocycles. The highest BCUT2D eigenvalue weighted by Crippen LogP contribution is 2.21. The fourth-order valence-electron chi connectivity index (χ4n) is 1.99. The van der Waals surface area contributed by atoms with Crippen molar-refractivity contribution >= 4 is 28.8 Å². The molecule has 3 rings (SSSR count). The molecule has 6 nitrogen and oxygen atoms in total. The molecular formula is C15H12ClN3O3S. The molecule has 0 radical (unpaired) electrons. The van der Waals surface area contributed by atoms with Crippen LogP contribution in [0.1, 0.15) is 5.56 Å². The highest BCUT2D eigenvalue weighted by atomic mass is 35.5. The second kappa shape index (κ2) is 6.80. The molecule has 2 heterocycles. The van der Waals surface area contributed by atoms with Crippen LogP contribution in [0.3, 0.4) is 0 Å². The third-order valence-corrected chi connectivity index (χ3v) is 4.25. The number of benzene rings is 1. The Labute approximate surface area is 140 Å². The largest absolute Gasteiger partial charge is 0.442 e. The zero-order valence-corrected chi connectivity index (χ0v) is 13.4. The Bertz CT molecular complexity index is 853. The monoisotopic (exact) mass is 349 g/mol. The average Bonchev–Trinajstić information content (AvgIpc) is 3.18. The Balaban J connectivity index is 1.67. The Kier molecular flexibility index (Phi) is 4.59. The van der Waals surface area contributed by atoms with Crippen molar-refractivity contribution < 1.29 is 9.32 Å². The first-order chi connectivity index (χ1) is 11.1. The quantitative estimate of drug-likeness (QED) is 0.767. The summed E-state index contributed by atoms with van der Waals surface area (Å²) in [5, 5.41) is 8.98. The fraction of sp³-hybridized carbons (Fsp3) is 0.133. The number of carbonyl (C=O) groups excluding carboxylic acids is 1. The molecule has 0 atom stereocenters. The molecule has 0 aliphatic rings. The van der Waals surface area contributed by atoms with Gasteiger partial charge in [-0.15, -0.1) is 11.3 Å². The van der Waals surface area contributed by atoms with E-state index in [1.165, 1.54) is 15.9 Å². The zero-order chi connectivity index (χ0) is 16.2. The maximum absolute atomic E-state index is 12.1. The average molecular weight is 350 g/mol. The fourth-order valence-corrected chi connectivity index (χ4v) is 2.83. The van der Waals surface area contributed by atoms with Crippen LogP contribution in [-0.4, -0.2) is 15.6 Å². The van der Waals surface area contributed by atoms with Crippen LogP contribution in [0.5, 0.6) is 0 Å². The van der Waals surface area contributed by atoms with E-state index in [1.54, 1.807) is 12.1 Å². The Morgan fingerprint density at radius 2 is 2.09 bits per heavy atom. The molecule has 0 saturated carbocycles. The summed E-state index contributed by atoms with van der Waals surface area (Å²) < 4.78 is 5.88. The predicted octanol–water partition coefficient (Wildman–Crippen LogP) is 2.53. The molecule has 0 spiro atoms. The molecule has 3 aromatic rings. The second-order valence-electron chi connectivity index (χ2n) is 4.74. The summed E-state index contributed by atoms with van der Waals surface area (Å²) in [6, 6.07) is 10.8. The number of halogens is 1. The van der Waals surface area contributed by atoms with Crippen molar-refractivity contribution in [1.29, 1.82) is 0 Å². The van der Waals surface area contributed by atoms with Gasteiger partial charge in [0.2, 0.25) is 5.91 Å². The molecule has 0 bridgehead atoms. The summed E-state index contributed by atoms with van der Waals surface area (Å²) in [7, 11) is 0. The van der Waals surface area contributed by atoms with Crippen molar-refractivity contribution in [1.82, 2.24) is 15.0 Å². The van der Waals surface area contributed by atoms with E-state index in [4.69, 9.17) is 11.6 Å². The van der Waals surface area contributed by atoms with E-state index in [9.17, 15) is 9.59 Å². The lowest BCUT2D eigenvalue weighted by Crippen LogP contribution is -2.30. The number of amides is 1. The number of rotatable bonds is 5. The third kappa shape index (κ3) is 3.69.